The predicted molar refractivity (Wildman–Crippen MR) is 68.2 cm³/mol. The highest BCUT2D eigenvalue weighted by molar-refractivity contribution is 6.33. The number of carboxylic acid groups (broad SMARTS) is 1. The Morgan fingerprint density at radius 1 is 1.44 bits per heavy atom. The van der Waals surface area contributed by atoms with E-state index in [1.54, 1.807) is 0 Å². The Morgan fingerprint density at radius 2 is 2.11 bits per heavy atom. The predicted octanol–water partition coefficient (Wildman–Crippen LogP) is 3.24. The molecule has 0 unspecified atom stereocenters. The SMILES string of the molecule is CC(C)COC(=O)Nc1ccc(Cl)c(C(=O)O)c1. The molecule has 0 spiro atoms. The van der Waals surface area contributed by atoms with Crippen LogP contribution >= 0.6 is 11.6 Å². The molecule has 0 fully saturated rings. The molecule has 0 bridgehead atoms. The maximum atomic E-state index is 11.4. The van der Waals surface area contributed by atoms with Gasteiger partial charge in [-0.1, -0.05) is 25.4 Å². The first-order valence-corrected chi connectivity index (χ1v) is 5.74. The topological polar surface area (TPSA) is 75.6 Å². The van der Waals surface area contributed by atoms with Crippen molar-refractivity contribution >= 4 is 29.4 Å². The summed E-state index contributed by atoms with van der Waals surface area (Å²) in [6.45, 7) is 4.13. The number of carbonyl (C=O) groups is 2. The number of amides is 1. The number of hydrogen-bond donors (Lipinski definition) is 2. The Morgan fingerprint density at radius 3 is 2.67 bits per heavy atom. The minimum Gasteiger partial charge on any atom is -0.478 e. The number of carboxylic acids is 1. The summed E-state index contributed by atoms with van der Waals surface area (Å²) >= 11 is 5.71. The molecule has 0 aliphatic heterocycles. The molecule has 0 saturated heterocycles. The fraction of sp³-hybridized carbons (Fsp3) is 0.333. The lowest BCUT2D eigenvalue weighted by Gasteiger charge is -2.09. The summed E-state index contributed by atoms with van der Waals surface area (Å²) < 4.78 is 4.91. The molecule has 2 N–H and O–H groups in total. The lowest BCUT2D eigenvalue weighted by atomic mass is 10.2. The van der Waals surface area contributed by atoms with Crippen LogP contribution in [0.2, 0.25) is 5.02 Å². The second-order valence-corrected chi connectivity index (χ2v) is 4.52. The Kier molecular flexibility index (Phi) is 4.97. The summed E-state index contributed by atoms with van der Waals surface area (Å²) in [6, 6.07) is 4.19. The zero-order valence-electron chi connectivity index (χ0n) is 10.1. The molecular formula is C12H14ClNO4. The molecule has 0 aromatic heterocycles. The van der Waals surface area contributed by atoms with E-state index in [-0.39, 0.29) is 16.5 Å². The van der Waals surface area contributed by atoms with Crippen molar-refractivity contribution in [2.24, 2.45) is 5.92 Å². The van der Waals surface area contributed by atoms with Gasteiger partial charge in [0.1, 0.15) is 0 Å². The Bertz CT molecular complexity index is 459. The number of halogens is 1. The van der Waals surface area contributed by atoms with Gasteiger partial charge in [-0.2, -0.15) is 0 Å². The van der Waals surface area contributed by atoms with Crippen molar-refractivity contribution in [3.8, 4) is 0 Å². The minimum atomic E-state index is -1.15. The van der Waals surface area contributed by atoms with Gasteiger partial charge in [0.15, 0.2) is 0 Å². The van der Waals surface area contributed by atoms with E-state index in [2.05, 4.69) is 5.32 Å². The molecule has 5 nitrogen and oxygen atoms in total. The maximum Gasteiger partial charge on any atom is 0.411 e. The van der Waals surface area contributed by atoms with Gasteiger partial charge >= 0.3 is 12.1 Å². The second-order valence-electron chi connectivity index (χ2n) is 4.12. The molecule has 0 radical (unpaired) electrons. The molecule has 98 valence electrons. The third kappa shape index (κ3) is 4.25. The van der Waals surface area contributed by atoms with Crippen LogP contribution in [0.25, 0.3) is 0 Å². The average molecular weight is 272 g/mol. The maximum absolute atomic E-state index is 11.4. The average Bonchev–Trinajstić information content (AvgIpc) is 2.28. The highest BCUT2D eigenvalue weighted by Crippen LogP contribution is 2.20. The monoisotopic (exact) mass is 271 g/mol. The summed E-state index contributed by atoms with van der Waals surface area (Å²) in [5.74, 6) is -0.922. The van der Waals surface area contributed by atoms with E-state index < -0.39 is 12.1 Å². The van der Waals surface area contributed by atoms with Gasteiger partial charge in [0.05, 0.1) is 17.2 Å². The van der Waals surface area contributed by atoms with Gasteiger partial charge in [-0.25, -0.2) is 9.59 Å². The van der Waals surface area contributed by atoms with Crippen LogP contribution in [0, 0.1) is 5.92 Å². The van der Waals surface area contributed by atoms with Gasteiger partial charge < -0.3 is 9.84 Å². The first-order chi connectivity index (χ1) is 8.40. The van der Waals surface area contributed by atoms with Crippen molar-refractivity contribution in [1.29, 1.82) is 0 Å². The summed E-state index contributed by atoms with van der Waals surface area (Å²) in [5.41, 5.74) is 0.254. The second kappa shape index (κ2) is 6.26. The zero-order chi connectivity index (χ0) is 13.7. The van der Waals surface area contributed by atoms with Crippen LogP contribution in [0.1, 0.15) is 24.2 Å². The number of aromatic carboxylic acids is 1. The zero-order valence-corrected chi connectivity index (χ0v) is 10.8. The van der Waals surface area contributed by atoms with Crippen molar-refractivity contribution in [3.63, 3.8) is 0 Å². The summed E-state index contributed by atoms with van der Waals surface area (Å²) in [7, 11) is 0. The highest BCUT2D eigenvalue weighted by Gasteiger charge is 2.11. The highest BCUT2D eigenvalue weighted by atomic mass is 35.5. The van der Waals surface area contributed by atoms with Crippen LogP contribution in [0.15, 0.2) is 18.2 Å². The lowest BCUT2D eigenvalue weighted by Crippen LogP contribution is -2.16. The van der Waals surface area contributed by atoms with E-state index >= 15 is 0 Å². The molecule has 1 rings (SSSR count). The normalized spacial score (nSPS) is 10.2. The molecule has 18 heavy (non-hydrogen) atoms. The fourth-order valence-electron chi connectivity index (χ4n) is 1.16. The molecule has 0 aliphatic rings. The first-order valence-electron chi connectivity index (χ1n) is 5.36. The summed E-state index contributed by atoms with van der Waals surface area (Å²) in [4.78, 5) is 22.2. The Balaban J connectivity index is 2.70. The molecule has 1 aromatic rings. The number of carbonyl (C=O) groups excluding carboxylic acids is 1. The van der Waals surface area contributed by atoms with E-state index in [0.29, 0.717) is 12.3 Å². The van der Waals surface area contributed by atoms with E-state index in [1.807, 2.05) is 13.8 Å². The molecule has 0 heterocycles. The van der Waals surface area contributed by atoms with Crippen LogP contribution in [0.3, 0.4) is 0 Å². The van der Waals surface area contributed by atoms with Crippen LogP contribution in [0.5, 0.6) is 0 Å². The molecule has 1 amide bonds. The van der Waals surface area contributed by atoms with E-state index in [0.717, 1.165) is 0 Å². The number of nitrogens with one attached hydrogen (secondary N) is 1. The molecular weight excluding hydrogens is 258 g/mol. The first kappa shape index (κ1) is 14.3. The van der Waals surface area contributed by atoms with Crippen molar-refractivity contribution in [1.82, 2.24) is 0 Å². The van der Waals surface area contributed by atoms with Gasteiger partial charge in [0.2, 0.25) is 0 Å². The standard InChI is InChI=1S/C12H14ClNO4/c1-7(2)6-18-12(17)14-8-3-4-10(13)9(5-8)11(15)16/h3-5,7H,6H2,1-2H3,(H,14,17)(H,15,16). The largest absolute Gasteiger partial charge is 0.478 e. The molecule has 6 heteroatoms. The molecule has 1 aromatic carbocycles. The van der Waals surface area contributed by atoms with Crippen LogP contribution in [-0.2, 0) is 4.74 Å². The fourth-order valence-corrected chi connectivity index (χ4v) is 1.36. The van der Waals surface area contributed by atoms with Gasteiger partial charge in [0, 0.05) is 5.69 Å². The quantitative estimate of drug-likeness (QED) is 0.881. The van der Waals surface area contributed by atoms with Crippen LogP contribution in [0.4, 0.5) is 10.5 Å². The number of rotatable bonds is 4. The van der Waals surface area contributed by atoms with Crippen molar-refractivity contribution in [2.45, 2.75) is 13.8 Å². The third-order valence-corrected chi connectivity index (χ3v) is 2.32. The number of benzene rings is 1. The summed E-state index contributed by atoms with van der Waals surface area (Å²) in [6.07, 6.45) is -0.623. The molecule has 0 saturated carbocycles. The van der Waals surface area contributed by atoms with Crippen LogP contribution < -0.4 is 5.32 Å². The van der Waals surface area contributed by atoms with Gasteiger partial charge in [-0.15, -0.1) is 0 Å². The molecule has 0 atom stereocenters. The Hall–Kier alpha value is -1.75. The summed E-state index contributed by atoms with van der Waals surface area (Å²) in [5, 5.41) is 11.4. The number of ether oxygens (including phenoxy) is 1. The van der Waals surface area contributed by atoms with Gasteiger partial charge in [-0.3, -0.25) is 5.32 Å². The smallest absolute Gasteiger partial charge is 0.411 e. The van der Waals surface area contributed by atoms with Gasteiger partial charge in [-0.05, 0) is 24.1 Å². The van der Waals surface area contributed by atoms with Gasteiger partial charge in [0.25, 0.3) is 0 Å². The lowest BCUT2D eigenvalue weighted by molar-refractivity contribution is 0.0697. The number of hydrogen-bond acceptors (Lipinski definition) is 3. The van der Waals surface area contributed by atoms with Crippen molar-refractivity contribution in [3.05, 3.63) is 28.8 Å². The molecule has 0 aliphatic carbocycles. The minimum absolute atomic E-state index is 0.0710. The number of anilines is 1. The van der Waals surface area contributed by atoms with E-state index in [1.165, 1.54) is 18.2 Å². The van der Waals surface area contributed by atoms with Crippen molar-refractivity contribution in [2.75, 3.05) is 11.9 Å². The van der Waals surface area contributed by atoms with Crippen molar-refractivity contribution < 1.29 is 19.4 Å². The van der Waals surface area contributed by atoms with E-state index in [9.17, 15) is 9.59 Å². The van der Waals surface area contributed by atoms with E-state index in [4.69, 9.17) is 21.4 Å². The van der Waals surface area contributed by atoms with Crippen LogP contribution in [-0.4, -0.2) is 23.8 Å². The third-order valence-electron chi connectivity index (χ3n) is 1.99. The Labute approximate surface area is 110 Å².